The van der Waals surface area contributed by atoms with E-state index in [1.807, 2.05) is 0 Å². The summed E-state index contributed by atoms with van der Waals surface area (Å²) in [5, 5.41) is 3.34. The molecule has 26 heavy (non-hydrogen) atoms. The number of anilines is 1. The number of ether oxygens (including phenoxy) is 2. The number of rotatable bonds is 2. The molecule has 1 N–H and O–H groups in total. The van der Waals surface area contributed by atoms with E-state index in [0.717, 1.165) is 0 Å². The lowest BCUT2D eigenvalue weighted by molar-refractivity contribution is 0.103. The average Bonchev–Trinajstić information content (AvgIpc) is 2.96. The van der Waals surface area contributed by atoms with Crippen molar-refractivity contribution in [1.82, 2.24) is 9.55 Å². The molecule has 1 aliphatic rings. The smallest absolute Gasteiger partial charge is 0.266 e. The van der Waals surface area contributed by atoms with Gasteiger partial charge in [-0.3, -0.25) is 9.59 Å². The van der Waals surface area contributed by atoms with Crippen molar-refractivity contribution < 1.29 is 14.3 Å². The normalized spacial score (nSPS) is 13.0. The van der Waals surface area contributed by atoms with Gasteiger partial charge >= 0.3 is 0 Å². The molecule has 7 nitrogen and oxygen atoms in total. The van der Waals surface area contributed by atoms with Gasteiger partial charge in [0.1, 0.15) is 18.0 Å². The number of aryl methyl sites for hydroxylation is 2. The van der Waals surface area contributed by atoms with Gasteiger partial charge in [0, 0.05) is 23.7 Å². The van der Waals surface area contributed by atoms with Gasteiger partial charge in [0.2, 0.25) is 0 Å². The molecule has 1 amide bonds. The number of amides is 1. The van der Waals surface area contributed by atoms with Gasteiger partial charge in [-0.25, -0.2) is 4.98 Å². The Hall–Kier alpha value is -2.39. The number of nitrogens with one attached hydrogen (secondary N) is 1. The van der Waals surface area contributed by atoms with E-state index in [2.05, 4.69) is 26.2 Å². The molecular weight excluding hydrogens is 422 g/mol. The first-order valence-corrected chi connectivity index (χ1v) is 9.42. The van der Waals surface area contributed by atoms with Gasteiger partial charge in [0.15, 0.2) is 11.5 Å². The van der Waals surface area contributed by atoms with Crippen molar-refractivity contribution in [3.8, 4) is 11.5 Å². The summed E-state index contributed by atoms with van der Waals surface area (Å²) >= 11 is 4.64. The van der Waals surface area contributed by atoms with Crippen LogP contribution in [0.2, 0.25) is 0 Å². The summed E-state index contributed by atoms with van der Waals surface area (Å²) in [4.78, 5) is 30.4. The zero-order valence-electron chi connectivity index (χ0n) is 14.0. The van der Waals surface area contributed by atoms with E-state index in [9.17, 15) is 9.59 Å². The molecule has 3 aromatic rings. The Balaban J connectivity index is 1.71. The summed E-state index contributed by atoms with van der Waals surface area (Å²) in [7, 11) is 1.64. The highest BCUT2D eigenvalue weighted by Gasteiger charge is 2.21. The minimum absolute atomic E-state index is 0.164. The van der Waals surface area contributed by atoms with E-state index < -0.39 is 0 Å². The highest BCUT2D eigenvalue weighted by molar-refractivity contribution is 9.10. The van der Waals surface area contributed by atoms with Crippen LogP contribution in [-0.4, -0.2) is 28.7 Å². The third-order valence-electron chi connectivity index (χ3n) is 4.10. The number of carbonyl (C=O) groups excluding carboxylic acids is 1. The maximum absolute atomic E-state index is 12.8. The standard InChI is InChI=1S/C17H14BrN3O4S/c1-8-13-16(19-7-21(2)17(13)23)26-14(8)15(22)20-10-6-12-11(5-9(10)18)24-3-4-25-12/h5-7H,3-4H2,1-2H3,(H,20,22). The van der Waals surface area contributed by atoms with Crippen molar-refractivity contribution in [3.05, 3.63) is 43.7 Å². The van der Waals surface area contributed by atoms with Crippen LogP contribution in [0.15, 0.2) is 27.7 Å². The Kier molecular flexibility index (Phi) is 4.20. The predicted octanol–water partition coefficient (Wildman–Crippen LogP) is 3.09. The molecule has 134 valence electrons. The zero-order valence-corrected chi connectivity index (χ0v) is 16.4. The van der Waals surface area contributed by atoms with Crippen LogP contribution >= 0.6 is 27.3 Å². The maximum atomic E-state index is 12.8. The number of carbonyl (C=O) groups is 1. The molecule has 2 aromatic heterocycles. The van der Waals surface area contributed by atoms with Crippen molar-refractivity contribution >= 4 is 49.1 Å². The van der Waals surface area contributed by atoms with Gasteiger partial charge < -0.3 is 19.4 Å². The minimum Gasteiger partial charge on any atom is -0.486 e. The second-order valence-electron chi connectivity index (χ2n) is 5.83. The topological polar surface area (TPSA) is 82.4 Å². The first-order valence-electron chi connectivity index (χ1n) is 7.81. The molecule has 0 atom stereocenters. The number of benzene rings is 1. The van der Waals surface area contributed by atoms with Crippen LogP contribution in [-0.2, 0) is 7.05 Å². The molecule has 0 unspecified atom stereocenters. The van der Waals surface area contributed by atoms with E-state index >= 15 is 0 Å². The molecule has 0 bridgehead atoms. The number of fused-ring (bicyclic) bond motifs is 2. The van der Waals surface area contributed by atoms with Gasteiger partial charge in [-0.05, 0) is 28.4 Å². The molecule has 1 aliphatic heterocycles. The Morgan fingerprint density at radius 1 is 1.31 bits per heavy atom. The SMILES string of the molecule is Cc1c(C(=O)Nc2cc3c(cc2Br)OCCO3)sc2ncn(C)c(=O)c12. The molecule has 0 aliphatic carbocycles. The van der Waals surface area contributed by atoms with Crippen LogP contribution in [0.4, 0.5) is 5.69 Å². The van der Waals surface area contributed by atoms with Crippen molar-refractivity contribution in [3.63, 3.8) is 0 Å². The fourth-order valence-electron chi connectivity index (χ4n) is 2.76. The fourth-order valence-corrected chi connectivity index (χ4v) is 4.22. The summed E-state index contributed by atoms with van der Waals surface area (Å²) in [5.41, 5.74) is 1.03. The quantitative estimate of drug-likeness (QED) is 0.668. The molecule has 0 spiro atoms. The molecule has 1 aromatic carbocycles. The highest BCUT2D eigenvalue weighted by atomic mass is 79.9. The van der Waals surface area contributed by atoms with Crippen LogP contribution in [0.5, 0.6) is 11.5 Å². The fraction of sp³-hybridized carbons (Fsp3) is 0.235. The molecular formula is C17H14BrN3O4S. The predicted molar refractivity (Wildman–Crippen MR) is 103 cm³/mol. The van der Waals surface area contributed by atoms with E-state index in [4.69, 9.17) is 9.47 Å². The monoisotopic (exact) mass is 435 g/mol. The molecule has 0 saturated heterocycles. The summed E-state index contributed by atoms with van der Waals surface area (Å²) in [6.45, 7) is 2.72. The lowest BCUT2D eigenvalue weighted by Gasteiger charge is -2.20. The largest absolute Gasteiger partial charge is 0.486 e. The van der Waals surface area contributed by atoms with Crippen molar-refractivity contribution in [2.24, 2.45) is 7.05 Å². The number of aromatic nitrogens is 2. The van der Waals surface area contributed by atoms with Gasteiger partial charge in [-0.1, -0.05) is 0 Å². The Morgan fingerprint density at radius 2 is 2.00 bits per heavy atom. The lowest BCUT2D eigenvalue weighted by atomic mass is 10.2. The highest BCUT2D eigenvalue weighted by Crippen LogP contribution is 2.38. The minimum atomic E-state index is -0.301. The zero-order chi connectivity index (χ0) is 18.4. The lowest BCUT2D eigenvalue weighted by Crippen LogP contribution is -2.18. The van der Waals surface area contributed by atoms with Crippen molar-refractivity contribution in [2.75, 3.05) is 18.5 Å². The summed E-state index contributed by atoms with van der Waals surface area (Å²) < 4.78 is 13.2. The first kappa shape index (κ1) is 17.0. The van der Waals surface area contributed by atoms with E-state index in [1.54, 1.807) is 26.1 Å². The number of nitrogens with zero attached hydrogens (tertiary/aromatic N) is 2. The summed E-state index contributed by atoms with van der Waals surface area (Å²) in [5.74, 6) is 0.912. The molecule has 3 heterocycles. The number of hydrogen-bond acceptors (Lipinski definition) is 6. The Bertz CT molecular complexity index is 1110. The molecule has 0 fully saturated rings. The van der Waals surface area contributed by atoms with E-state index in [1.165, 1.54) is 22.2 Å². The van der Waals surface area contributed by atoms with Crippen LogP contribution in [0.1, 0.15) is 15.2 Å². The molecule has 0 saturated carbocycles. The van der Waals surface area contributed by atoms with Crippen LogP contribution < -0.4 is 20.3 Å². The Labute approximate surface area is 160 Å². The summed E-state index contributed by atoms with van der Waals surface area (Å²) in [6, 6.07) is 3.48. The number of thiophene rings is 1. The van der Waals surface area contributed by atoms with Crippen LogP contribution in [0, 0.1) is 6.92 Å². The number of hydrogen-bond donors (Lipinski definition) is 1. The van der Waals surface area contributed by atoms with Gasteiger partial charge in [-0.2, -0.15) is 0 Å². The molecule has 4 rings (SSSR count). The number of halogens is 1. The second kappa shape index (κ2) is 6.40. The third kappa shape index (κ3) is 2.77. The van der Waals surface area contributed by atoms with Gasteiger partial charge in [-0.15, -0.1) is 11.3 Å². The Morgan fingerprint density at radius 3 is 2.73 bits per heavy atom. The third-order valence-corrected chi connectivity index (χ3v) is 5.95. The van der Waals surface area contributed by atoms with Gasteiger partial charge in [0.05, 0.1) is 22.3 Å². The van der Waals surface area contributed by atoms with Crippen molar-refractivity contribution in [1.29, 1.82) is 0 Å². The van der Waals surface area contributed by atoms with Crippen LogP contribution in [0.25, 0.3) is 10.2 Å². The van der Waals surface area contributed by atoms with Gasteiger partial charge in [0.25, 0.3) is 11.5 Å². The maximum Gasteiger partial charge on any atom is 0.266 e. The van der Waals surface area contributed by atoms with Crippen molar-refractivity contribution in [2.45, 2.75) is 6.92 Å². The van der Waals surface area contributed by atoms with E-state index in [-0.39, 0.29) is 11.5 Å². The van der Waals surface area contributed by atoms with Crippen LogP contribution in [0.3, 0.4) is 0 Å². The second-order valence-corrected chi connectivity index (χ2v) is 7.68. The summed E-state index contributed by atoms with van der Waals surface area (Å²) in [6.07, 6.45) is 1.46. The average molecular weight is 436 g/mol. The molecule has 0 radical (unpaired) electrons. The van der Waals surface area contributed by atoms with E-state index in [0.29, 0.717) is 55.5 Å². The molecule has 9 heteroatoms. The first-order chi connectivity index (χ1) is 12.5.